The molecule has 0 fully saturated rings. The average molecular weight is 382 g/mol. The summed E-state index contributed by atoms with van der Waals surface area (Å²) < 4.78 is 69.2. The molecule has 0 aliphatic rings. The summed E-state index contributed by atoms with van der Waals surface area (Å²) in [4.78, 5) is -1.25. The highest BCUT2D eigenvalue weighted by Crippen LogP contribution is 2.37. The predicted octanol–water partition coefficient (Wildman–Crippen LogP) is 3.71. The van der Waals surface area contributed by atoms with Gasteiger partial charge in [0, 0.05) is 5.56 Å². The van der Waals surface area contributed by atoms with Crippen LogP contribution in [0.4, 0.5) is 13.2 Å². The standard InChI is InChI=1S/C17H13F3N2O3S/c1-9-2-4-10(5-3-9)16-15(14(8-18)25-22-16)11-6-12(19)17(13(20)7-11)26(21,23)24/h2-7H,8H2,1H3,(H2,21,23,24). The van der Waals surface area contributed by atoms with E-state index in [-0.39, 0.29) is 22.6 Å². The molecule has 3 rings (SSSR count). The zero-order valence-corrected chi connectivity index (χ0v) is 14.3. The fraction of sp³-hybridized carbons (Fsp3) is 0.118. The van der Waals surface area contributed by atoms with Crippen molar-refractivity contribution in [2.45, 2.75) is 18.5 Å². The van der Waals surface area contributed by atoms with Crippen LogP contribution in [0.25, 0.3) is 22.4 Å². The van der Waals surface area contributed by atoms with Gasteiger partial charge in [-0.3, -0.25) is 0 Å². The van der Waals surface area contributed by atoms with Crippen LogP contribution in [0.3, 0.4) is 0 Å². The largest absolute Gasteiger partial charge is 0.357 e. The molecule has 2 aromatic carbocycles. The SMILES string of the molecule is Cc1ccc(-c2noc(CF)c2-c2cc(F)c(S(N)(=O)=O)c(F)c2)cc1. The number of aryl methyl sites for hydroxylation is 1. The molecule has 0 aliphatic carbocycles. The molecule has 1 aromatic heterocycles. The van der Waals surface area contributed by atoms with E-state index in [4.69, 9.17) is 9.66 Å². The number of primary sulfonamides is 1. The van der Waals surface area contributed by atoms with Crippen molar-refractivity contribution in [2.75, 3.05) is 0 Å². The lowest BCUT2D eigenvalue weighted by atomic mass is 9.98. The normalized spacial score (nSPS) is 11.7. The van der Waals surface area contributed by atoms with Crippen molar-refractivity contribution < 1.29 is 26.1 Å². The lowest BCUT2D eigenvalue weighted by molar-refractivity contribution is 0.332. The second-order valence-electron chi connectivity index (χ2n) is 5.64. The lowest BCUT2D eigenvalue weighted by Gasteiger charge is -2.08. The number of nitrogens with zero attached hydrogens (tertiary/aromatic N) is 1. The minimum atomic E-state index is -4.60. The molecule has 0 amide bonds. The maximum absolute atomic E-state index is 14.2. The van der Waals surface area contributed by atoms with Crippen molar-refractivity contribution in [3.63, 3.8) is 0 Å². The van der Waals surface area contributed by atoms with E-state index in [1.54, 1.807) is 24.3 Å². The molecule has 3 aromatic rings. The summed E-state index contributed by atoms with van der Waals surface area (Å²) in [6, 6.07) is 8.48. The van der Waals surface area contributed by atoms with Gasteiger partial charge in [-0.1, -0.05) is 35.0 Å². The molecule has 0 bridgehead atoms. The van der Waals surface area contributed by atoms with Crippen LogP contribution in [0.15, 0.2) is 45.8 Å². The molecule has 0 saturated heterocycles. The van der Waals surface area contributed by atoms with E-state index in [0.717, 1.165) is 17.7 Å². The Morgan fingerprint density at radius 1 is 1.08 bits per heavy atom. The Labute approximate surface area is 147 Å². The summed E-state index contributed by atoms with van der Waals surface area (Å²) in [5.41, 5.74) is 1.62. The maximum Gasteiger partial charge on any atom is 0.243 e. The first-order chi connectivity index (χ1) is 12.2. The van der Waals surface area contributed by atoms with Crippen molar-refractivity contribution in [1.82, 2.24) is 5.16 Å². The first-order valence-electron chi connectivity index (χ1n) is 7.36. The Balaban J connectivity index is 2.24. The van der Waals surface area contributed by atoms with E-state index < -0.39 is 33.2 Å². The third-order valence-corrected chi connectivity index (χ3v) is 4.74. The van der Waals surface area contributed by atoms with E-state index in [1.807, 2.05) is 6.92 Å². The minimum absolute atomic E-state index is 0.0372. The zero-order chi connectivity index (χ0) is 19.1. The smallest absolute Gasteiger partial charge is 0.243 e. The Bertz CT molecular complexity index is 1050. The van der Waals surface area contributed by atoms with Crippen molar-refractivity contribution in [3.05, 3.63) is 59.4 Å². The van der Waals surface area contributed by atoms with Crippen LogP contribution in [0.1, 0.15) is 11.3 Å². The molecule has 0 atom stereocenters. The van der Waals surface area contributed by atoms with E-state index >= 15 is 0 Å². The van der Waals surface area contributed by atoms with Gasteiger partial charge in [-0.15, -0.1) is 0 Å². The number of alkyl halides is 1. The molecule has 0 aliphatic heterocycles. The summed E-state index contributed by atoms with van der Waals surface area (Å²) in [6.07, 6.45) is 0. The van der Waals surface area contributed by atoms with Gasteiger partial charge in [-0.25, -0.2) is 26.7 Å². The van der Waals surface area contributed by atoms with Crippen LogP contribution in [-0.4, -0.2) is 13.6 Å². The van der Waals surface area contributed by atoms with Gasteiger partial charge in [0.05, 0.1) is 5.56 Å². The van der Waals surface area contributed by atoms with Crippen molar-refractivity contribution in [2.24, 2.45) is 5.14 Å². The maximum atomic E-state index is 14.2. The molecule has 26 heavy (non-hydrogen) atoms. The first kappa shape index (κ1) is 18.2. The van der Waals surface area contributed by atoms with Crippen LogP contribution in [-0.2, 0) is 16.7 Å². The van der Waals surface area contributed by atoms with Gasteiger partial charge in [0.1, 0.15) is 17.3 Å². The van der Waals surface area contributed by atoms with Gasteiger partial charge in [0.2, 0.25) is 10.0 Å². The lowest BCUT2D eigenvalue weighted by Crippen LogP contribution is -2.16. The molecule has 0 unspecified atom stereocenters. The van der Waals surface area contributed by atoms with Gasteiger partial charge in [0.25, 0.3) is 0 Å². The van der Waals surface area contributed by atoms with Crippen LogP contribution < -0.4 is 5.14 Å². The van der Waals surface area contributed by atoms with E-state index in [0.29, 0.717) is 5.56 Å². The van der Waals surface area contributed by atoms with E-state index in [1.165, 1.54) is 0 Å². The number of halogens is 3. The molecule has 9 heteroatoms. The van der Waals surface area contributed by atoms with Gasteiger partial charge in [-0.05, 0) is 24.6 Å². The number of hydrogen-bond acceptors (Lipinski definition) is 4. The van der Waals surface area contributed by atoms with Crippen molar-refractivity contribution in [3.8, 4) is 22.4 Å². The predicted molar refractivity (Wildman–Crippen MR) is 88.2 cm³/mol. The second-order valence-corrected chi connectivity index (χ2v) is 7.14. The van der Waals surface area contributed by atoms with Crippen LogP contribution in [0, 0.1) is 18.6 Å². The molecular formula is C17H13F3N2O3S. The summed E-state index contributed by atoms with van der Waals surface area (Å²) >= 11 is 0. The summed E-state index contributed by atoms with van der Waals surface area (Å²) in [7, 11) is -4.60. The first-order valence-corrected chi connectivity index (χ1v) is 8.90. The molecule has 0 spiro atoms. The van der Waals surface area contributed by atoms with Crippen molar-refractivity contribution in [1.29, 1.82) is 0 Å². The third-order valence-electron chi connectivity index (χ3n) is 3.78. The topological polar surface area (TPSA) is 86.2 Å². The van der Waals surface area contributed by atoms with Gasteiger partial charge in [0.15, 0.2) is 17.3 Å². The summed E-state index contributed by atoms with van der Waals surface area (Å²) in [6.45, 7) is 0.811. The molecule has 2 N–H and O–H groups in total. The zero-order valence-electron chi connectivity index (χ0n) is 13.5. The highest BCUT2D eigenvalue weighted by atomic mass is 32.2. The fourth-order valence-electron chi connectivity index (χ4n) is 2.60. The van der Waals surface area contributed by atoms with E-state index in [9.17, 15) is 21.6 Å². The number of sulfonamides is 1. The minimum Gasteiger partial charge on any atom is -0.357 e. The monoisotopic (exact) mass is 382 g/mol. The summed E-state index contributed by atoms with van der Waals surface area (Å²) in [5, 5.41) is 8.61. The number of nitrogens with two attached hydrogens (primary N) is 1. The molecule has 136 valence electrons. The van der Waals surface area contributed by atoms with E-state index in [2.05, 4.69) is 5.16 Å². The molecule has 1 heterocycles. The Hall–Kier alpha value is -2.65. The number of aromatic nitrogens is 1. The number of hydrogen-bond donors (Lipinski definition) is 1. The number of rotatable bonds is 4. The molecule has 5 nitrogen and oxygen atoms in total. The van der Waals surface area contributed by atoms with Gasteiger partial charge in [-0.2, -0.15) is 0 Å². The van der Waals surface area contributed by atoms with Crippen molar-refractivity contribution >= 4 is 10.0 Å². The van der Waals surface area contributed by atoms with Crippen LogP contribution in [0.2, 0.25) is 0 Å². The Morgan fingerprint density at radius 3 is 2.15 bits per heavy atom. The molecule has 0 radical (unpaired) electrons. The second kappa shape index (κ2) is 6.58. The highest BCUT2D eigenvalue weighted by Gasteiger charge is 2.25. The number of benzene rings is 2. The third kappa shape index (κ3) is 3.23. The van der Waals surface area contributed by atoms with Gasteiger partial charge >= 0.3 is 0 Å². The Kier molecular flexibility index (Phi) is 4.59. The fourth-order valence-corrected chi connectivity index (χ4v) is 3.26. The molecule has 0 saturated carbocycles. The van der Waals surface area contributed by atoms with Crippen LogP contribution in [0.5, 0.6) is 0 Å². The summed E-state index contributed by atoms with van der Waals surface area (Å²) in [5.74, 6) is -3.01. The van der Waals surface area contributed by atoms with Crippen LogP contribution >= 0.6 is 0 Å². The highest BCUT2D eigenvalue weighted by molar-refractivity contribution is 7.89. The quantitative estimate of drug-likeness (QED) is 0.745. The Morgan fingerprint density at radius 2 is 1.65 bits per heavy atom. The molecular weight excluding hydrogens is 369 g/mol. The average Bonchev–Trinajstić information content (AvgIpc) is 2.97. The van der Waals surface area contributed by atoms with Gasteiger partial charge < -0.3 is 4.52 Å².